The summed E-state index contributed by atoms with van der Waals surface area (Å²) in [6.07, 6.45) is -3.50. The van der Waals surface area contributed by atoms with Crippen molar-refractivity contribution in [2.24, 2.45) is 11.7 Å². The number of ether oxygens (including phenoxy) is 1. The second-order valence-corrected chi connectivity index (χ2v) is 7.39. The molecule has 138 valence electrons. The Morgan fingerprint density at radius 1 is 1.33 bits per heavy atom. The zero-order chi connectivity index (χ0) is 17.3. The Morgan fingerprint density at radius 3 is 2.54 bits per heavy atom. The molecule has 0 amide bonds. The van der Waals surface area contributed by atoms with Crippen LogP contribution in [0.3, 0.4) is 0 Å². The first kappa shape index (κ1) is 21.0. The number of rotatable bonds is 4. The van der Waals surface area contributed by atoms with E-state index in [9.17, 15) is 21.6 Å². The molecule has 24 heavy (non-hydrogen) atoms. The Balaban J connectivity index is 0.00000288. The van der Waals surface area contributed by atoms with E-state index in [1.165, 1.54) is 16.4 Å². The lowest BCUT2D eigenvalue weighted by Gasteiger charge is -2.38. The van der Waals surface area contributed by atoms with Crippen LogP contribution in [0.2, 0.25) is 0 Å². The highest BCUT2D eigenvalue weighted by Crippen LogP contribution is 2.34. The summed E-state index contributed by atoms with van der Waals surface area (Å²) < 4.78 is 68.2. The van der Waals surface area contributed by atoms with E-state index in [4.69, 9.17) is 5.73 Å². The van der Waals surface area contributed by atoms with Gasteiger partial charge in [0.05, 0.1) is 0 Å². The van der Waals surface area contributed by atoms with Crippen LogP contribution in [-0.2, 0) is 10.0 Å². The van der Waals surface area contributed by atoms with Crippen molar-refractivity contribution < 1.29 is 26.3 Å². The molecule has 2 rings (SSSR count). The van der Waals surface area contributed by atoms with Crippen LogP contribution in [0.15, 0.2) is 29.2 Å². The average Bonchev–Trinajstić information content (AvgIpc) is 2.45. The van der Waals surface area contributed by atoms with E-state index in [0.29, 0.717) is 6.42 Å². The van der Waals surface area contributed by atoms with E-state index in [1.807, 2.05) is 6.92 Å². The van der Waals surface area contributed by atoms with Crippen LogP contribution in [0.1, 0.15) is 19.8 Å². The maximum Gasteiger partial charge on any atom is 0.573 e. The van der Waals surface area contributed by atoms with E-state index >= 15 is 0 Å². The Bertz CT molecular complexity index is 655. The summed E-state index contributed by atoms with van der Waals surface area (Å²) in [7, 11) is -4.13. The number of hydrogen-bond acceptors (Lipinski definition) is 4. The topological polar surface area (TPSA) is 72.6 Å². The first-order valence-corrected chi connectivity index (χ1v) is 8.67. The summed E-state index contributed by atoms with van der Waals surface area (Å²) in [5.41, 5.74) is 5.68. The number of piperidine rings is 1. The third-order valence-corrected chi connectivity index (χ3v) is 5.93. The van der Waals surface area contributed by atoms with Gasteiger partial charge in [0.1, 0.15) is 10.6 Å². The maximum absolute atomic E-state index is 12.8. The molecule has 0 radical (unpaired) electrons. The van der Waals surface area contributed by atoms with E-state index < -0.39 is 33.1 Å². The Morgan fingerprint density at radius 2 is 1.96 bits per heavy atom. The number of nitrogens with zero attached hydrogens (tertiary/aromatic N) is 1. The molecule has 2 atom stereocenters. The zero-order valence-electron chi connectivity index (χ0n) is 13.0. The smallest absolute Gasteiger partial charge is 0.404 e. The fraction of sp³-hybridized carbons (Fsp3) is 0.571. The quantitative estimate of drug-likeness (QED) is 0.860. The molecule has 0 spiro atoms. The summed E-state index contributed by atoms with van der Waals surface area (Å²) in [6, 6.07) is 4.32. The van der Waals surface area contributed by atoms with Gasteiger partial charge in [-0.25, -0.2) is 8.42 Å². The van der Waals surface area contributed by atoms with Crippen LogP contribution in [-0.4, -0.2) is 38.2 Å². The number of halogens is 4. The molecular formula is C14H20ClF3N2O3S. The molecule has 10 heteroatoms. The molecule has 0 aromatic heterocycles. The number of sulfonamides is 1. The van der Waals surface area contributed by atoms with Gasteiger partial charge in [-0.15, -0.1) is 25.6 Å². The third kappa shape index (κ3) is 4.53. The van der Waals surface area contributed by atoms with Crippen molar-refractivity contribution in [3.05, 3.63) is 24.3 Å². The van der Waals surface area contributed by atoms with Gasteiger partial charge in [-0.1, -0.05) is 19.1 Å². The molecule has 1 saturated heterocycles. The first-order valence-electron chi connectivity index (χ1n) is 7.23. The van der Waals surface area contributed by atoms with Gasteiger partial charge in [0.15, 0.2) is 0 Å². The van der Waals surface area contributed by atoms with Gasteiger partial charge in [0.2, 0.25) is 10.0 Å². The van der Waals surface area contributed by atoms with Crippen molar-refractivity contribution in [3.63, 3.8) is 0 Å². The van der Waals surface area contributed by atoms with Crippen LogP contribution in [0.25, 0.3) is 0 Å². The fourth-order valence-electron chi connectivity index (χ4n) is 2.86. The molecule has 1 aliphatic rings. The standard InChI is InChI=1S/C14H19F3N2O3S.ClH/c1-10-5-4-8-19(11(10)9-18)23(20,21)13-7-3-2-6-12(13)22-14(15,16)17;/h2-3,6-7,10-11H,4-5,8-9,18H2,1H3;1H. The highest BCUT2D eigenvalue weighted by Gasteiger charge is 2.39. The highest BCUT2D eigenvalue weighted by molar-refractivity contribution is 7.89. The summed E-state index contributed by atoms with van der Waals surface area (Å²) in [6.45, 7) is 2.23. The van der Waals surface area contributed by atoms with Gasteiger partial charge in [-0.2, -0.15) is 4.31 Å². The number of alkyl halides is 3. The Kier molecular flexibility index (Phi) is 6.92. The van der Waals surface area contributed by atoms with Crippen molar-refractivity contribution in [2.75, 3.05) is 13.1 Å². The molecule has 0 saturated carbocycles. The van der Waals surface area contributed by atoms with Crippen LogP contribution in [0, 0.1) is 5.92 Å². The van der Waals surface area contributed by atoms with Gasteiger partial charge in [-0.05, 0) is 30.9 Å². The van der Waals surface area contributed by atoms with E-state index in [0.717, 1.165) is 18.6 Å². The molecular weight excluding hydrogens is 369 g/mol. The summed E-state index contributed by atoms with van der Waals surface area (Å²) in [5.74, 6) is -0.687. The number of benzene rings is 1. The van der Waals surface area contributed by atoms with Crippen molar-refractivity contribution in [1.82, 2.24) is 4.31 Å². The predicted octanol–water partition coefficient (Wildman–Crippen LogP) is 2.75. The van der Waals surface area contributed by atoms with Crippen molar-refractivity contribution in [1.29, 1.82) is 0 Å². The molecule has 1 heterocycles. The second-order valence-electron chi connectivity index (χ2n) is 5.53. The molecule has 1 aliphatic heterocycles. The minimum absolute atomic E-state index is 0. The second kappa shape index (κ2) is 7.90. The SMILES string of the molecule is CC1CCCN(S(=O)(=O)c2ccccc2OC(F)(F)F)C1CN.Cl. The molecule has 2 unspecified atom stereocenters. The maximum atomic E-state index is 12.8. The van der Waals surface area contributed by atoms with Crippen LogP contribution < -0.4 is 10.5 Å². The van der Waals surface area contributed by atoms with Crippen molar-refractivity contribution in [2.45, 2.75) is 37.1 Å². The first-order chi connectivity index (χ1) is 10.7. The average molecular weight is 389 g/mol. The molecule has 0 bridgehead atoms. The molecule has 2 N–H and O–H groups in total. The summed E-state index contributed by atoms with van der Waals surface area (Å²) in [4.78, 5) is -0.495. The lowest BCUT2D eigenvalue weighted by molar-refractivity contribution is -0.275. The lowest BCUT2D eigenvalue weighted by atomic mass is 9.93. The van der Waals surface area contributed by atoms with Gasteiger partial charge in [-0.3, -0.25) is 0 Å². The van der Waals surface area contributed by atoms with E-state index in [1.54, 1.807) is 0 Å². The Hall–Kier alpha value is -1.03. The molecule has 5 nitrogen and oxygen atoms in total. The van der Waals surface area contributed by atoms with Crippen LogP contribution >= 0.6 is 12.4 Å². The minimum atomic E-state index is -4.96. The Labute approximate surface area is 145 Å². The largest absolute Gasteiger partial charge is 0.573 e. The van der Waals surface area contributed by atoms with Crippen molar-refractivity contribution >= 4 is 22.4 Å². The number of nitrogens with two attached hydrogens (primary N) is 1. The third-order valence-electron chi connectivity index (χ3n) is 3.97. The molecule has 1 aromatic carbocycles. The van der Waals surface area contributed by atoms with E-state index in [2.05, 4.69) is 4.74 Å². The van der Waals surface area contributed by atoms with E-state index in [-0.39, 0.29) is 31.4 Å². The molecule has 1 aromatic rings. The van der Waals surface area contributed by atoms with Crippen molar-refractivity contribution in [3.8, 4) is 5.75 Å². The zero-order valence-corrected chi connectivity index (χ0v) is 14.6. The number of para-hydroxylation sites is 1. The number of hydrogen-bond donors (Lipinski definition) is 1. The normalized spacial score (nSPS) is 22.7. The van der Waals surface area contributed by atoms with Gasteiger partial charge >= 0.3 is 6.36 Å². The summed E-state index contributed by atoms with van der Waals surface area (Å²) >= 11 is 0. The summed E-state index contributed by atoms with van der Waals surface area (Å²) in [5, 5.41) is 0. The minimum Gasteiger partial charge on any atom is -0.404 e. The highest BCUT2D eigenvalue weighted by atomic mass is 35.5. The van der Waals surface area contributed by atoms with Gasteiger partial charge < -0.3 is 10.5 Å². The molecule has 1 fully saturated rings. The fourth-order valence-corrected chi connectivity index (χ4v) is 4.74. The van der Waals surface area contributed by atoms with Gasteiger partial charge in [0, 0.05) is 19.1 Å². The lowest BCUT2D eigenvalue weighted by Crippen LogP contribution is -2.51. The van der Waals surface area contributed by atoms with Crippen LogP contribution in [0.4, 0.5) is 13.2 Å². The molecule has 0 aliphatic carbocycles. The van der Waals surface area contributed by atoms with Gasteiger partial charge in [0.25, 0.3) is 0 Å². The predicted molar refractivity (Wildman–Crippen MR) is 85.5 cm³/mol. The van der Waals surface area contributed by atoms with Crippen LogP contribution in [0.5, 0.6) is 5.75 Å². The monoisotopic (exact) mass is 388 g/mol.